The highest BCUT2D eigenvalue weighted by molar-refractivity contribution is 7.84. The van der Waals surface area contributed by atoms with Crippen LogP contribution in [0.15, 0.2) is 4.52 Å². The van der Waals surface area contributed by atoms with Crippen molar-refractivity contribution >= 4 is 17.0 Å². The predicted octanol–water partition coefficient (Wildman–Crippen LogP) is 1.43. The molecule has 0 amide bonds. The molecule has 0 spiro atoms. The zero-order valence-corrected chi connectivity index (χ0v) is 13.5. The monoisotopic (exact) mass is 315 g/mol. The van der Waals surface area contributed by atoms with Crippen LogP contribution in [0.5, 0.6) is 0 Å². The van der Waals surface area contributed by atoms with E-state index in [9.17, 15) is 9.00 Å². The molecule has 0 aliphatic heterocycles. The summed E-state index contributed by atoms with van der Waals surface area (Å²) >= 11 is 0. The van der Waals surface area contributed by atoms with Gasteiger partial charge in [0.15, 0.2) is 12.4 Å². The van der Waals surface area contributed by atoms with Gasteiger partial charge in [-0.05, 0) is 33.6 Å². The van der Waals surface area contributed by atoms with Crippen LogP contribution in [0.1, 0.15) is 58.2 Å². The van der Waals surface area contributed by atoms with Gasteiger partial charge >= 0.3 is 5.97 Å². The molecular weight excluding hydrogens is 294 g/mol. The van der Waals surface area contributed by atoms with E-state index in [-0.39, 0.29) is 29.3 Å². The predicted molar refractivity (Wildman–Crippen MR) is 76.6 cm³/mol. The van der Waals surface area contributed by atoms with Crippen LogP contribution < -0.4 is 4.72 Å². The van der Waals surface area contributed by atoms with E-state index in [1.165, 1.54) is 6.92 Å². The molecule has 1 saturated carbocycles. The van der Waals surface area contributed by atoms with Crippen molar-refractivity contribution in [3.63, 3.8) is 0 Å². The van der Waals surface area contributed by atoms with Crippen molar-refractivity contribution in [3.8, 4) is 0 Å². The van der Waals surface area contributed by atoms with Gasteiger partial charge in [-0.25, -0.2) is 8.93 Å². The van der Waals surface area contributed by atoms with E-state index in [1.54, 1.807) is 0 Å². The van der Waals surface area contributed by atoms with E-state index >= 15 is 0 Å². The van der Waals surface area contributed by atoms with Gasteiger partial charge in [-0.15, -0.1) is 0 Å². The number of carbonyl (C=O) groups excluding carboxylic acids is 1. The molecule has 0 radical (unpaired) electrons. The van der Waals surface area contributed by atoms with Gasteiger partial charge in [0.2, 0.25) is 0 Å². The molecule has 118 valence electrons. The molecule has 1 atom stereocenters. The van der Waals surface area contributed by atoms with Crippen molar-refractivity contribution in [2.45, 2.75) is 63.9 Å². The lowest BCUT2D eigenvalue weighted by Crippen LogP contribution is -2.45. The van der Waals surface area contributed by atoms with Crippen LogP contribution in [-0.2, 0) is 27.1 Å². The number of carbonyl (C=O) groups is 1. The number of esters is 1. The van der Waals surface area contributed by atoms with Crippen LogP contribution in [-0.4, -0.2) is 31.1 Å². The summed E-state index contributed by atoms with van der Waals surface area (Å²) in [5, 5.41) is 3.90. The fraction of sp³-hybridized carbons (Fsp3) is 0.769. The summed E-state index contributed by atoms with van der Waals surface area (Å²) in [7, 11) is -1.06. The number of nitrogens with one attached hydrogen (secondary N) is 1. The zero-order chi connectivity index (χ0) is 15.6. The molecule has 1 aromatic heterocycles. The first kappa shape index (κ1) is 16.1. The largest absolute Gasteiger partial charge is 0.456 e. The first-order valence-corrected chi connectivity index (χ1v) is 8.04. The molecule has 1 aliphatic carbocycles. The van der Waals surface area contributed by atoms with E-state index in [2.05, 4.69) is 14.9 Å². The molecule has 8 heteroatoms. The third-order valence-corrected chi connectivity index (χ3v) is 4.88. The smallest absolute Gasteiger partial charge is 0.303 e. The maximum atomic E-state index is 12.0. The lowest BCUT2D eigenvalue weighted by Gasteiger charge is -2.35. The SMILES string of the molecule is CC(=O)OCc1nc(C2CC(NS(=O)C(C)(C)C)C2)no1. The van der Waals surface area contributed by atoms with Gasteiger partial charge in [0.05, 0.1) is 15.7 Å². The second-order valence-corrected chi connectivity index (χ2v) is 8.19. The Kier molecular flexibility index (Phi) is 4.77. The quantitative estimate of drug-likeness (QED) is 0.826. The Balaban J connectivity index is 1.79. The Morgan fingerprint density at radius 3 is 2.71 bits per heavy atom. The first-order chi connectivity index (χ1) is 9.75. The highest BCUT2D eigenvalue weighted by Crippen LogP contribution is 2.35. The molecule has 2 rings (SSSR count). The van der Waals surface area contributed by atoms with Crippen LogP contribution >= 0.6 is 0 Å². The van der Waals surface area contributed by atoms with Crippen molar-refractivity contribution < 1.29 is 18.3 Å². The van der Waals surface area contributed by atoms with E-state index < -0.39 is 11.0 Å². The standard InChI is InChI=1S/C13H21N3O4S/c1-8(17)19-7-11-14-12(15-20-11)9-5-10(6-9)16-21(18)13(2,3)4/h9-10,16H,5-7H2,1-4H3. The second-order valence-electron chi connectivity index (χ2n) is 6.19. The molecule has 1 heterocycles. The third kappa shape index (κ3) is 4.34. The molecule has 21 heavy (non-hydrogen) atoms. The summed E-state index contributed by atoms with van der Waals surface area (Å²) in [5.74, 6) is 0.744. The van der Waals surface area contributed by atoms with Crippen molar-refractivity contribution in [3.05, 3.63) is 11.7 Å². The van der Waals surface area contributed by atoms with Gasteiger partial charge < -0.3 is 9.26 Å². The molecule has 0 bridgehead atoms. The van der Waals surface area contributed by atoms with Crippen molar-refractivity contribution in [2.24, 2.45) is 0 Å². The van der Waals surface area contributed by atoms with Gasteiger partial charge in [-0.3, -0.25) is 4.79 Å². The minimum atomic E-state index is -1.06. The molecule has 1 aliphatic rings. The number of aromatic nitrogens is 2. The molecular formula is C13H21N3O4S. The number of hydrogen-bond acceptors (Lipinski definition) is 6. The van der Waals surface area contributed by atoms with E-state index in [0.717, 1.165) is 12.8 Å². The van der Waals surface area contributed by atoms with E-state index in [4.69, 9.17) is 9.26 Å². The molecule has 1 aromatic rings. The van der Waals surface area contributed by atoms with Gasteiger partial charge in [0.25, 0.3) is 5.89 Å². The van der Waals surface area contributed by atoms with Gasteiger partial charge in [-0.2, -0.15) is 4.98 Å². The fourth-order valence-corrected chi connectivity index (χ4v) is 2.76. The van der Waals surface area contributed by atoms with Gasteiger partial charge in [0.1, 0.15) is 0 Å². The highest BCUT2D eigenvalue weighted by atomic mass is 32.2. The Morgan fingerprint density at radius 1 is 1.48 bits per heavy atom. The summed E-state index contributed by atoms with van der Waals surface area (Å²) in [6, 6.07) is 0.213. The van der Waals surface area contributed by atoms with Crippen LogP contribution in [0.4, 0.5) is 0 Å². The van der Waals surface area contributed by atoms with E-state index in [0.29, 0.717) is 11.7 Å². The van der Waals surface area contributed by atoms with Crippen LogP contribution in [0, 0.1) is 0 Å². The molecule has 1 N–H and O–H groups in total. The Morgan fingerprint density at radius 2 is 2.14 bits per heavy atom. The minimum absolute atomic E-state index is 0.00473. The average molecular weight is 315 g/mol. The second kappa shape index (κ2) is 6.23. The number of rotatable bonds is 5. The lowest BCUT2D eigenvalue weighted by atomic mass is 9.80. The third-order valence-electron chi connectivity index (χ3n) is 3.22. The Bertz CT molecular complexity index is 532. The minimum Gasteiger partial charge on any atom is -0.456 e. The van der Waals surface area contributed by atoms with Crippen molar-refractivity contribution in [1.29, 1.82) is 0 Å². The maximum Gasteiger partial charge on any atom is 0.303 e. The summed E-state index contributed by atoms with van der Waals surface area (Å²) < 4.78 is 24.6. The normalized spacial score (nSPS) is 23.4. The van der Waals surface area contributed by atoms with Crippen molar-refractivity contribution in [1.82, 2.24) is 14.9 Å². The molecule has 1 unspecified atom stereocenters. The van der Waals surface area contributed by atoms with E-state index in [1.807, 2.05) is 20.8 Å². The topological polar surface area (TPSA) is 94.3 Å². The average Bonchev–Trinajstić information content (AvgIpc) is 2.77. The molecule has 0 aromatic carbocycles. The summed E-state index contributed by atoms with van der Waals surface area (Å²) in [6.07, 6.45) is 1.66. The first-order valence-electron chi connectivity index (χ1n) is 6.89. The number of nitrogens with zero attached hydrogens (tertiary/aromatic N) is 2. The Labute approximate surface area is 126 Å². The molecule has 1 fully saturated rings. The molecule has 0 saturated heterocycles. The molecule has 7 nitrogen and oxygen atoms in total. The summed E-state index contributed by atoms with van der Waals surface area (Å²) in [6.45, 7) is 7.14. The lowest BCUT2D eigenvalue weighted by molar-refractivity contribution is -0.143. The van der Waals surface area contributed by atoms with Gasteiger partial charge in [-0.1, -0.05) is 5.16 Å². The van der Waals surface area contributed by atoms with Gasteiger partial charge in [0, 0.05) is 18.9 Å². The maximum absolute atomic E-state index is 12.0. The summed E-state index contributed by atoms with van der Waals surface area (Å²) in [4.78, 5) is 14.9. The van der Waals surface area contributed by atoms with Crippen LogP contribution in [0.3, 0.4) is 0 Å². The van der Waals surface area contributed by atoms with Crippen LogP contribution in [0.2, 0.25) is 0 Å². The summed E-state index contributed by atoms with van der Waals surface area (Å²) in [5.41, 5.74) is 0. The van der Waals surface area contributed by atoms with Crippen LogP contribution in [0.25, 0.3) is 0 Å². The van der Waals surface area contributed by atoms with Crippen molar-refractivity contribution in [2.75, 3.05) is 0 Å². The Hall–Kier alpha value is -1.28. The fourth-order valence-electron chi connectivity index (χ4n) is 1.91. The highest BCUT2D eigenvalue weighted by Gasteiger charge is 2.36. The number of hydrogen-bond donors (Lipinski definition) is 1. The number of ether oxygens (including phenoxy) is 1. The zero-order valence-electron chi connectivity index (χ0n) is 12.7.